The summed E-state index contributed by atoms with van der Waals surface area (Å²) in [5.41, 5.74) is 3.49. The minimum absolute atomic E-state index is 0.0756. The summed E-state index contributed by atoms with van der Waals surface area (Å²) >= 11 is 0. The molecule has 27 heavy (non-hydrogen) atoms. The van der Waals surface area contributed by atoms with E-state index in [1.165, 1.54) is 12.1 Å². The Hall–Kier alpha value is -2.43. The SMILES string of the molecule is Cc1cc2c(cc1NC(=O)CC(C)(C)C)C(F)CC2Nc1cccc(F)c1. The van der Waals surface area contributed by atoms with Crippen LogP contribution in [0.3, 0.4) is 0 Å². The third-order valence-electron chi connectivity index (χ3n) is 4.72. The number of fused-ring (bicyclic) bond motifs is 1. The molecule has 0 radical (unpaired) electrons. The van der Waals surface area contributed by atoms with Gasteiger partial charge < -0.3 is 10.6 Å². The van der Waals surface area contributed by atoms with Crippen LogP contribution in [0.4, 0.5) is 20.2 Å². The van der Waals surface area contributed by atoms with Gasteiger partial charge in [0.25, 0.3) is 0 Å². The molecule has 0 spiro atoms. The van der Waals surface area contributed by atoms with Gasteiger partial charge in [-0.15, -0.1) is 0 Å². The molecule has 0 saturated heterocycles. The van der Waals surface area contributed by atoms with Crippen LogP contribution in [0.2, 0.25) is 0 Å². The molecule has 2 aromatic carbocycles. The highest BCUT2D eigenvalue weighted by Gasteiger charge is 2.32. The number of rotatable bonds is 4. The van der Waals surface area contributed by atoms with Gasteiger partial charge in [-0.1, -0.05) is 32.9 Å². The number of alkyl halides is 1. The van der Waals surface area contributed by atoms with Gasteiger partial charge in [-0.2, -0.15) is 0 Å². The Kier molecular flexibility index (Phi) is 5.22. The van der Waals surface area contributed by atoms with Crippen molar-refractivity contribution in [3.8, 4) is 0 Å². The number of carbonyl (C=O) groups is 1. The zero-order chi connectivity index (χ0) is 19.8. The van der Waals surface area contributed by atoms with Crippen molar-refractivity contribution in [3.63, 3.8) is 0 Å². The molecule has 0 bridgehead atoms. The molecule has 1 aliphatic carbocycles. The van der Waals surface area contributed by atoms with Crippen molar-refractivity contribution >= 4 is 17.3 Å². The fraction of sp³-hybridized carbons (Fsp3) is 0.409. The molecule has 0 fully saturated rings. The van der Waals surface area contributed by atoms with E-state index in [2.05, 4.69) is 10.6 Å². The van der Waals surface area contributed by atoms with Crippen LogP contribution in [0.1, 0.15) is 62.5 Å². The molecule has 0 aliphatic heterocycles. The first-order valence-corrected chi connectivity index (χ1v) is 9.23. The Balaban J connectivity index is 1.82. The predicted octanol–water partition coefficient (Wildman–Crippen LogP) is 6.08. The molecule has 144 valence electrons. The van der Waals surface area contributed by atoms with Gasteiger partial charge >= 0.3 is 0 Å². The first kappa shape index (κ1) is 19.3. The van der Waals surface area contributed by atoms with Crippen molar-refractivity contribution in [1.82, 2.24) is 0 Å². The predicted molar refractivity (Wildman–Crippen MR) is 105 cm³/mol. The number of carbonyl (C=O) groups excluding carboxylic acids is 1. The normalized spacial score (nSPS) is 18.9. The maximum atomic E-state index is 14.6. The Morgan fingerprint density at radius 2 is 1.93 bits per heavy atom. The zero-order valence-corrected chi connectivity index (χ0v) is 16.2. The van der Waals surface area contributed by atoms with E-state index in [1.54, 1.807) is 18.2 Å². The second kappa shape index (κ2) is 7.29. The third-order valence-corrected chi connectivity index (χ3v) is 4.72. The molecule has 2 atom stereocenters. The van der Waals surface area contributed by atoms with Gasteiger partial charge in [-0.25, -0.2) is 8.78 Å². The van der Waals surface area contributed by atoms with Crippen molar-refractivity contribution in [2.45, 2.75) is 52.8 Å². The number of benzene rings is 2. The lowest BCUT2D eigenvalue weighted by molar-refractivity contribution is -0.117. The first-order chi connectivity index (χ1) is 12.6. The molecule has 2 aromatic rings. The van der Waals surface area contributed by atoms with E-state index in [1.807, 2.05) is 33.8 Å². The lowest BCUT2D eigenvalue weighted by atomic mass is 9.92. The van der Waals surface area contributed by atoms with Crippen LogP contribution in [0.5, 0.6) is 0 Å². The summed E-state index contributed by atoms with van der Waals surface area (Å²) in [5, 5.41) is 6.13. The van der Waals surface area contributed by atoms with Gasteiger partial charge in [0.05, 0.1) is 6.04 Å². The van der Waals surface area contributed by atoms with Crippen LogP contribution >= 0.6 is 0 Å². The average Bonchev–Trinajstić information content (AvgIpc) is 2.81. The topological polar surface area (TPSA) is 41.1 Å². The van der Waals surface area contributed by atoms with Gasteiger partial charge in [0.15, 0.2) is 0 Å². The van der Waals surface area contributed by atoms with Gasteiger partial charge in [0.2, 0.25) is 5.91 Å². The molecular formula is C22H26F2N2O. The van der Waals surface area contributed by atoms with Crippen LogP contribution in [-0.2, 0) is 4.79 Å². The largest absolute Gasteiger partial charge is 0.378 e. The molecule has 0 saturated carbocycles. The van der Waals surface area contributed by atoms with Crippen LogP contribution in [0, 0.1) is 18.2 Å². The number of halogens is 2. The molecule has 2 unspecified atom stereocenters. The zero-order valence-electron chi connectivity index (χ0n) is 16.2. The Morgan fingerprint density at radius 1 is 1.19 bits per heavy atom. The summed E-state index contributed by atoms with van der Waals surface area (Å²) in [6, 6.07) is 9.60. The quantitative estimate of drug-likeness (QED) is 0.683. The van der Waals surface area contributed by atoms with Gasteiger partial charge in [0.1, 0.15) is 12.0 Å². The number of hydrogen-bond acceptors (Lipinski definition) is 2. The molecular weight excluding hydrogens is 346 g/mol. The third kappa shape index (κ3) is 4.65. The number of amides is 1. The van der Waals surface area contributed by atoms with Crippen LogP contribution in [-0.4, -0.2) is 5.91 Å². The Morgan fingerprint density at radius 3 is 2.59 bits per heavy atom. The second-order valence-corrected chi connectivity index (χ2v) is 8.49. The van der Waals surface area contributed by atoms with E-state index in [0.717, 1.165) is 11.1 Å². The fourth-order valence-corrected chi connectivity index (χ4v) is 3.51. The van der Waals surface area contributed by atoms with Crippen LogP contribution in [0.15, 0.2) is 36.4 Å². The summed E-state index contributed by atoms with van der Waals surface area (Å²) in [5.74, 6) is -0.406. The first-order valence-electron chi connectivity index (χ1n) is 9.23. The smallest absolute Gasteiger partial charge is 0.224 e. The van der Waals surface area contributed by atoms with Crippen molar-refractivity contribution in [2.24, 2.45) is 5.41 Å². The van der Waals surface area contributed by atoms with E-state index >= 15 is 0 Å². The monoisotopic (exact) mass is 372 g/mol. The highest BCUT2D eigenvalue weighted by molar-refractivity contribution is 5.92. The number of aryl methyl sites for hydroxylation is 1. The molecule has 1 aliphatic rings. The van der Waals surface area contributed by atoms with Gasteiger partial charge in [-0.05, 0) is 53.3 Å². The average molecular weight is 372 g/mol. The van der Waals surface area contributed by atoms with Crippen molar-refractivity contribution < 1.29 is 13.6 Å². The summed E-state index contributed by atoms with van der Waals surface area (Å²) in [7, 11) is 0. The lowest BCUT2D eigenvalue weighted by Gasteiger charge is -2.19. The number of hydrogen-bond donors (Lipinski definition) is 2. The van der Waals surface area contributed by atoms with E-state index in [-0.39, 0.29) is 29.6 Å². The highest BCUT2D eigenvalue weighted by Crippen LogP contribution is 2.44. The molecule has 5 heteroatoms. The summed E-state index contributed by atoms with van der Waals surface area (Å²) in [4.78, 5) is 12.2. The molecule has 0 heterocycles. The Labute approximate surface area is 159 Å². The van der Waals surface area contributed by atoms with Crippen molar-refractivity contribution in [1.29, 1.82) is 0 Å². The summed E-state index contributed by atoms with van der Waals surface area (Å²) in [6.45, 7) is 7.91. The maximum Gasteiger partial charge on any atom is 0.224 e. The molecule has 2 N–H and O–H groups in total. The second-order valence-electron chi connectivity index (χ2n) is 8.49. The maximum absolute atomic E-state index is 14.6. The minimum Gasteiger partial charge on any atom is -0.378 e. The minimum atomic E-state index is -1.12. The van der Waals surface area contributed by atoms with Gasteiger partial charge in [-0.3, -0.25) is 4.79 Å². The van der Waals surface area contributed by atoms with Crippen LogP contribution in [0.25, 0.3) is 0 Å². The number of nitrogens with one attached hydrogen (secondary N) is 2. The van der Waals surface area contributed by atoms with E-state index < -0.39 is 6.17 Å². The molecule has 1 amide bonds. The number of anilines is 2. The van der Waals surface area contributed by atoms with Crippen molar-refractivity contribution in [3.05, 3.63) is 58.9 Å². The molecule has 0 aromatic heterocycles. The van der Waals surface area contributed by atoms with E-state index in [9.17, 15) is 13.6 Å². The lowest BCUT2D eigenvalue weighted by Crippen LogP contribution is -2.20. The summed E-state index contributed by atoms with van der Waals surface area (Å²) < 4.78 is 28.1. The highest BCUT2D eigenvalue weighted by atomic mass is 19.1. The fourth-order valence-electron chi connectivity index (χ4n) is 3.51. The van der Waals surface area contributed by atoms with Crippen molar-refractivity contribution in [2.75, 3.05) is 10.6 Å². The molecule has 3 nitrogen and oxygen atoms in total. The van der Waals surface area contributed by atoms with Gasteiger partial charge in [0, 0.05) is 24.2 Å². The van der Waals surface area contributed by atoms with Crippen LogP contribution < -0.4 is 10.6 Å². The standard InChI is InChI=1S/C22H26F2N2O/c1-13-8-17-16(10-19(13)26-21(27)12-22(2,3)4)18(24)11-20(17)25-15-7-5-6-14(23)9-15/h5-10,18,20,25H,11-12H2,1-4H3,(H,26,27). The summed E-state index contributed by atoms with van der Waals surface area (Å²) in [6.07, 6.45) is -0.443. The molecule has 3 rings (SSSR count). The van der Waals surface area contributed by atoms with E-state index in [0.29, 0.717) is 23.4 Å². The Bertz CT molecular complexity index is 858. The van der Waals surface area contributed by atoms with E-state index in [4.69, 9.17) is 0 Å².